The van der Waals surface area contributed by atoms with E-state index in [0.29, 0.717) is 20.8 Å². The summed E-state index contributed by atoms with van der Waals surface area (Å²) in [6.45, 7) is 0. The molecule has 0 saturated heterocycles. The van der Waals surface area contributed by atoms with Crippen LogP contribution in [0.4, 0.5) is 5.69 Å². The molecule has 7 heteroatoms. The zero-order chi connectivity index (χ0) is 17.1. The fourth-order valence-electron chi connectivity index (χ4n) is 2.14. The molecule has 0 radical (unpaired) electrons. The van der Waals surface area contributed by atoms with E-state index in [-0.39, 0.29) is 11.7 Å². The lowest BCUT2D eigenvalue weighted by Gasteiger charge is -2.08. The van der Waals surface area contributed by atoms with Gasteiger partial charge in [0.2, 0.25) is 5.91 Å². The number of carbonyl (C=O) groups is 1. The molecular weight excluding hydrogens is 387 g/mol. The average molecular weight is 398 g/mol. The number of halogens is 3. The first-order valence-electron chi connectivity index (χ1n) is 6.95. The van der Waals surface area contributed by atoms with Crippen LogP contribution in [-0.4, -0.2) is 16.6 Å². The molecule has 3 rings (SSSR count). The summed E-state index contributed by atoms with van der Waals surface area (Å²) in [7, 11) is 0. The Balaban J connectivity index is 1.69. The number of hydrogen-bond acceptors (Lipinski definition) is 3. The minimum atomic E-state index is -0.127. The van der Waals surface area contributed by atoms with Crippen LogP contribution in [0.5, 0.6) is 0 Å². The van der Waals surface area contributed by atoms with Crippen molar-refractivity contribution in [2.24, 2.45) is 0 Å². The van der Waals surface area contributed by atoms with E-state index in [4.69, 9.17) is 34.8 Å². The Hall–Kier alpha value is -1.46. The van der Waals surface area contributed by atoms with Crippen molar-refractivity contribution < 1.29 is 4.79 Å². The first-order valence-corrected chi connectivity index (χ1v) is 9.07. The summed E-state index contributed by atoms with van der Waals surface area (Å²) in [5.41, 5.74) is 1.42. The Bertz CT molecular complexity index is 917. The molecule has 0 aliphatic carbocycles. The molecule has 0 atom stereocenters. The summed E-state index contributed by atoms with van der Waals surface area (Å²) >= 11 is 19.2. The van der Waals surface area contributed by atoms with E-state index in [0.717, 1.165) is 15.8 Å². The lowest BCUT2D eigenvalue weighted by Crippen LogP contribution is -2.13. The molecule has 1 amide bonds. The van der Waals surface area contributed by atoms with E-state index in [9.17, 15) is 4.79 Å². The number of nitrogens with one attached hydrogen (secondary N) is 1. The number of carbonyl (C=O) groups excluding carboxylic acids is 1. The zero-order valence-corrected chi connectivity index (χ0v) is 15.3. The molecule has 0 unspecified atom stereocenters. The Morgan fingerprint density at radius 1 is 1.04 bits per heavy atom. The van der Waals surface area contributed by atoms with Crippen LogP contribution in [0.3, 0.4) is 0 Å². The van der Waals surface area contributed by atoms with Gasteiger partial charge in [0, 0.05) is 27.2 Å². The first-order chi connectivity index (χ1) is 11.5. The van der Waals surface area contributed by atoms with Gasteiger partial charge < -0.3 is 5.32 Å². The van der Waals surface area contributed by atoms with Gasteiger partial charge in [0.25, 0.3) is 0 Å². The van der Waals surface area contributed by atoms with Gasteiger partial charge in [0.1, 0.15) is 0 Å². The molecule has 1 N–H and O–H groups in total. The van der Waals surface area contributed by atoms with E-state index in [1.165, 1.54) is 11.8 Å². The summed E-state index contributed by atoms with van der Waals surface area (Å²) in [6, 6.07) is 12.4. The van der Waals surface area contributed by atoms with Gasteiger partial charge in [-0.3, -0.25) is 9.78 Å². The third-order valence-corrected chi connectivity index (χ3v) is 5.27. The van der Waals surface area contributed by atoms with E-state index >= 15 is 0 Å². The highest BCUT2D eigenvalue weighted by Crippen LogP contribution is 2.29. The lowest BCUT2D eigenvalue weighted by atomic mass is 10.2. The number of rotatable bonds is 4. The summed E-state index contributed by atoms with van der Waals surface area (Å²) < 4.78 is 0. The van der Waals surface area contributed by atoms with Crippen molar-refractivity contribution in [1.29, 1.82) is 0 Å². The number of thioether (sulfide) groups is 1. The van der Waals surface area contributed by atoms with E-state index in [1.807, 2.05) is 18.2 Å². The van der Waals surface area contributed by atoms with Crippen molar-refractivity contribution in [3.8, 4) is 0 Å². The summed E-state index contributed by atoms with van der Waals surface area (Å²) in [6.07, 6.45) is 1.71. The van der Waals surface area contributed by atoms with Crippen LogP contribution < -0.4 is 5.32 Å². The molecular formula is C17H11Cl3N2OS. The number of aromatic nitrogens is 1. The van der Waals surface area contributed by atoms with Gasteiger partial charge >= 0.3 is 0 Å². The van der Waals surface area contributed by atoms with E-state index < -0.39 is 0 Å². The number of fused-ring (bicyclic) bond motifs is 1. The molecule has 1 aromatic heterocycles. The van der Waals surface area contributed by atoms with Crippen molar-refractivity contribution in [2.75, 3.05) is 11.1 Å². The highest BCUT2D eigenvalue weighted by atomic mass is 35.5. The Labute approximate surface area is 158 Å². The molecule has 3 aromatic rings. The second-order valence-electron chi connectivity index (χ2n) is 4.94. The molecule has 0 aliphatic heterocycles. The van der Waals surface area contributed by atoms with Crippen molar-refractivity contribution >= 4 is 69.1 Å². The Kier molecular flexibility index (Phi) is 5.51. The highest BCUT2D eigenvalue weighted by molar-refractivity contribution is 8.00. The van der Waals surface area contributed by atoms with Crippen molar-refractivity contribution in [3.63, 3.8) is 0 Å². The Morgan fingerprint density at radius 2 is 1.88 bits per heavy atom. The fraction of sp³-hybridized carbons (Fsp3) is 0.0588. The van der Waals surface area contributed by atoms with Crippen LogP contribution in [0.1, 0.15) is 0 Å². The molecule has 122 valence electrons. The standard InChI is InChI=1S/C17H11Cl3N2OS/c18-10-1-3-12-15(7-10)21-6-5-16(12)24-9-17(23)22-11-2-4-13(19)14(20)8-11/h1-8H,9H2,(H,22,23). The minimum absolute atomic E-state index is 0.127. The van der Waals surface area contributed by atoms with Crippen molar-refractivity contribution in [2.45, 2.75) is 4.90 Å². The first kappa shape index (κ1) is 17.4. The predicted octanol–water partition coefficient (Wildman–Crippen LogP) is 5.93. The van der Waals surface area contributed by atoms with Crippen molar-refractivity contribution in [3.05, 3.63) is 63.7 Å². The lowest BCUT2D eigenvalue weighted by molar-refractivity contribution is -0.113. The number of benzene rings is 2. The molecule has 0 bridgehead atoms. The summed E-state index contributed by atoms with van der Waals surface area (Å²) in [4.78, 5) is 17.4. The molecule has 0 fully saturated rings. The Morgan fingerprint density at radius 3 is 2.67 bits per heavy atom. The second-order valence-corrected chi connectivity index (χ2v) is 7.20. The number of hydrogen-bond donors (Lipinski definition) is 1. The van der Waals surface area contributed by atoms with Crippen LogP contribution in [-0.2, 0) is 4.79 Å². The average Bonchev–Trinajstić information content (AvgIpc) is 2.56. The molecule has 0 saturated carbocycles. The summed E-state index contributed by atoms with van der Waals surface area (Å²) in [5, 5.41) is 5.25. The molecule has 0 aliphatic rings. The van der Waals surface area contributed by atoms with Crippen LogP contribution in [0.15, 0.2) is 53.6 Å². The van der Waals surface area contributed by atoms with E-state index in [1.54, 1.807) is 30.5 Å². The summed E-state index contributed by atoms with van der Waals surface area (Å²) in [5.74, 6) is 0.138. The quantitative estimate of drug-likeness (QED) is 0.555. The number of pyridine rings is 1. The van der Waals surface area contributed by atoms with Gasteiger partial charge in [0.15, 0.2) is 0 Å². The van der Waals surface area contributed by atoms with Gasteiger partial charge in [-0.1, -0.05) is 40.9 Å². The fourth-order valence-corrected chi connectivity index (χ4v) is 3.44. The van der Waals surface area contributed by atoms with Gasteiger partial charge in [-0.15, -0.1) is 11.8 Å². The smallest absolute Gasteiger partial charge is 0.234 e. The largest absolute Gasteiger partial charge is 0.325 e. The highest BCUT2D eigenvalue weighted by Gasteiger charge is 2.08. The maximum absolute atomic E-state index is 12.1. The maximum atomic E-state index is 12.1. The van der Waals surface area contributed by atoms with Crippen LogP contribution in [0.25, 0.3) is 10.9 Å². The number of anilines is 1. The van der Waals surface area contributed by atoms with E-state index in [2.05, 4.69) is 10.3 Å². The molecule has 24 heavy (non-hydrogen) atoms. The second kappa shape index (κ2) is 7.62. The third kappa shape index (κ3) is 4.14. The van der Waals surface area contributed by atoms with Crippen LogP contribution in [0.2, 0.25) is 15.1 Å². The normalized spacial score (nSPS) is 10.8. The molecule has 0 spiro atoms. The molecule has 1 heterocycles. The van der Waals surface area contributed by atoms with Gasteiger partial charge in [0.05, 0.1) is 21.3 Å². The van der Waals surface area contributed by atoms with Gasteiger partial charge in [-0.25, -0.2) is 0 Å². The van der Waals surface area contributed by atoms with Gasteiger partial charge in [-0.05, 0) is 36.4 Å². The van der Waals surface area contributed by atoms with Gasteiger partial charge in [-0.2, -0.15) is 0 Å². The number of nitrogens with zero attached hydrogens (tertiary/aromatic N) is 1. The maximum Gasteiger partial charge on any atom is 0.234 e. The molecule has 3 nitrogen and oxygen atoms in total. The SMILES string of the molecule is O=C(CSc1ccnc2cc(Cl)ccc12)Nc1ccc(Cl)c(Cl)c1. The monoisotopic (exact) mass is 396 g/mol. The van der Waals surface area contributed by atoms with Crippen LogP contribution >= 0.6 is 46.6 Å². The molecule has 2 aromatic carbocycles. The minimum Gasteiger partial charge on any atom is -0.325 e. The topological polar surface area (TPSA) is 42.0 Å². The predicted molar refractivity (Wildman–Crippen MR) is 103 cm³/mol. The van der Waals surface area contributed by atoms with Crippen molar-refractivity contribution in [1.82, 2.24) is 4.98 Å². The van der Waals surface area contributed by atoms with Crippen LogP contribution in [0, 0.1) is 0 Å². The zero-order valence-electron chi connectivity index (χ0n) is 12.2. The number of amides is 1. The third-order valence-electron chi connectivity index (χ3n) is 3.23.